The number of thiocarbonyl (C=S) groups is 1. The molecule has 1 aliphatic rings. The Labute approximate surface area is 180 Å². The van der Waals surface area contributed by atoms with Crippen LogP contribution in [0, 0.1) is 0 Å². The number of hydrogen-bond donors (Lipinski definition) is 1. The van der Waals surface area contributed by atoms with Crippen molar-refractivity contribution in [1.82, 2.24) is 10.2 Å². The fourth-order valence-electron chi connectivity index (χ4n) is 3.15. The predicted molar refractivity (Wildman–Crippen MR) is 116 cm³/mol. The van der Waals surface area contributed by atoms with Crippen molar-refractivity contribution in [3.8, 4) is 0 Å². The molecule has 0 spiro atoms. The van der Waals surface area contributed by atoms with Crippen LogP contribution in [0.15, 0.2) is 59.8 Å². The zero-order valence-electron chi connectivity index (χ0n) is 15.5. The highest BCUT2D eigenvalue weighted by Gasteiger charge is 2.34. The molecule has 146 valence electrons. The minimum absolute atomic E-state index is 0.290. The van der Waals surface area contributed by atoms with E-state index in [1.54, 1.807) is 19.1 Å². The van der Waals surface area contributed by atoms with Crippen LogP contribution in [0.5, 0.6) is 0 Å². The van der Waals surface area contributed by atoms with Crippen LogP contribution in [0.25, 0.3) is 0 Å². The number of nitrogens with one attached hydrogen (secondary N) is 1. The molecular formula is C21H20Cl2N2O2S. The van der Waals surface area contributed by atoms with Gasteiger partial charge in [0.05, 0.1) is 24.8 Å². The van der Waals surface area contributed by atoms with Gasteiger partial charge in [-0.1, -0.05) is 53.5 Å². The molecule has 0 fully saturated rings. The summed E-state index contributed by atoms with van der Waals surface area (Å²) in [7, 11) is 0. The first-order valence-electron chi connectivity index (χ1n) is 8.87. The van der Waals surface area contributed by atoms with Crippen LogP contribution in [-0.4, -0.2) is 22.6 Å². The van der Waals surface area contributed by atoms with Gasteiger partial charge < -0.3 is 15.0 Å². The Morgan fingerprint density at radius 2 is 1.86 bits per heavy atom. The Bertz CT molecular complexity index is 928. The highest BCUT2D eigenvalue weighted by atomic mass is 35.5. The second kappa shape index (κ2) is 8.95. The van der Waals surface area contributed by atoms with Crippen molar-refractivity contribution in [2.24, 2.45) is 0 Å². The maximum Gasteiger partial charge on any atom is 0.338 e. The molecule has 0 aromatic heterocycles. The van der Waals surface area contributed by atoms with Crippen LogP contribution in [0.2, 0.25) is 10.0 Å². The Morgan fingerprint density at radius 1 is 1.18 bits per heavy atom. The number of halogens is 2. The molecular weight excluding hydrogens is 415 g/mol. The van der Waals surface area contributed by atoms with Crippen LogP contribution in [0.3, 0.4) is 0 Å². The van der Waals surface area contributed by atoms with Gasteiger partial charge in [0.15, 0.2) is 5.11 Å². The molecule has 0 aliphatic carbocycles. The van der Waals surface area contributed by atoms with Gasteiger partial charge in [-0.05, 0) is 55.4 Å². The summed E-state index contributed by atoms with van der Waals surface area (Å²) in [5, 5.41) is 5.07. The van der Waals surface area contributed by atoms with Gasteiger partial charge in [0, 0.05) is 15.7 Å². The Hall–Kier alpha value is -2.08. The molecule has 2 aromatic carbocycles. The van der Waals surface area contributed by atoms with E-state index < -0.39 is 6.04 Å². The van der Waals surface area contributed by atoms with E-state index in [9.17, 15) is 4.79 Å². The summed E-state index contributed by atoms with van der Waals surface area (Å²) in [5.41, 5.74) is 3.05. The molecule has 0 bridgehead atoms. The van der Waals surface area contributed by atoms with E-state index in [4.69, 9.17) is 40.2 Å². The van der Waals surface area contributed by atoms with Crippen LogP contribution >= 0.6 is 35.4 Å². The van der Waals surface area contributed by atoms with Gasteiger partial charge in [0.1, 0.15) is 0 Å². The lowest BCUT2D eigenvalue weighted by atomic mass is 9.95. The van der Waals surface area contributed by atoms with Crippen LogP contribution in [0.1, 0.15) is 31.0 Å². The highest BCUT2D eigenvalue weighted by Crippen LogP contribution is 2.33. The van der Waals surface area contributed by atoms with Crippen LogP contribution in [-0.2, 0) is 16.1 Å². The molecule has 1 atom stereocenters. The maximum absolute atomic E-state index is 12.8. The largest absolute Gasteiger partial charge is 0.463 e. The van der Waals surface area contributed by atoms with Crippen molar-refractivity contribution >= 4 is 46.5 Å². The lowest BCUT2D eigenvalue weighted by Gasteiger charge is -2.37. The maximum atomic E-state index is 12.8. The van der Waals surface area contributed by atoms with E-state index >= 15 is 0 Å². The molecule has 0 saturated carbocycles. The third-order valence-corrected chi connectivity index (χ3v) is 5.54. The van der Waals surface area contributed by atoms with Crippen LogP contribution in [0.4, 0.5) is 0 Å². The van der Waals surface area contributed by atoms with E-state index in [1.165, 1.54) is 0 Å². The zero-order chi connectivity index (χ0) is 20.3. The minimum atomic E-state index is -0.411. The van der Waals surface area contributed by atoms with Crippen LogP contribution < -0.4 is 5.32 Å². The van der Waals surface area contributed by atoms with E-state index in [0.29, 0.717) is 27.3 Å². The van der Waals surface area contributed by atoms with Crippen molar-refractivity contribution in [3.63, 3.8) is 0 Å². The molecule has 0 unspecified atom stereocenters. The van der Waals surface area contributed by atoms with Gasteiger partial charge >= 0.3 is 5.97 Å². The van der Waals surface area contributed by atoms with Gasteiger partial charge in [0.25, 0.3) is 0 Å². The first-order chi connectivity index (χ1) is 13.4. The highest BCUT2D eigenvalue weighted by molar-refractivity contribution is 7.80. The molecule has 0 saturated heterocycles. The first-order valence-corrected chi connectivity index (χ1v) is 10.0. The Balaban J connectivity index is 2.03. The SMILES string of the molecule is CCOC(=O)C1=C(C)N(Cc2ccccc2Cl)C(=S)N[C@@H]1c1ccc(Cl)cc1. The second-order valence-corrected chi connectivity index (χ2v) is 7.56. The van der Waals surface area contributed by atoms with E-state index in [1.807, 2.05) is 48.2 Å². The smallest absolute Gasteiger partial charge is 0.338 e. The number of nitrogens with zero attached hydrogens (tertiary/aromatic N) is 1. The molecule has 1 N–H and O–H groups in total. The number of hydrogen-bond acceptors (Lipinski definition) is 3. The lowest BCUT2D eigenvalue weighted by Crippen LogP contribution is -2.47. The first kappa shape index (κ1) is 20.6. The average molecular weight is 435 g/mol. The summed E-state index contributed by atoms with van der Waals surface area (Å²) in [5.74, 6) is -0.376. The van der Waals surface area contributed by atoms with Gasteiger partial charge in [-0.15, -0.1) is 0 Å². The molecule has 2 aromatic rings. The van der Waals surface area contributed by atoms with Gasteiger partial charge in [-0.2, -0.15) is 0 Å². The zero-order valence-corrected chi connectivity index (χ0v) is 17.9. The molecule has 3 rings (SSSR count). The van der Waals surface area contributed by atoms with E-state index in [-0.39, 0.29) is 12.6 Å². The minimum Gasteiger partial charge on any atom is -0.463 e. The van der Waals surface area contributed by atoms with Gasteiger partial charge in [0.2, 0.25) is 0 Å². The molecule has 0 radical (unpaired) electrons. The van der Waals surface area contributed by atoms with Crippen molar-refractivity contribution in [1.29, 1.82) is 0 Å². The van der Waals surface area contributed by atoms with E-state index in [0.717, 1.165) is 16.8 Å². The number of ether oxygens (including phenoxy) is 1. The van der Waals surface area contributed by atoms with Crippen molar-refractivity contribution in [3.05, 3.63) is 81.0 Å². The van der Waals surface area contributed by atoms with Gasteiger partial charge in [-0.3, -0.25) is 0 Å². The second-order valence-electron chi connectivity index (χ2n) is 6.33. The summed E-state index contributed by atoms with van der Waals surface area (Å²) in [6.07, 6.45) is 0. The number of rotatable bonds is 5. The lowest BCUT2D eigenvalue weighted by molar-refractivity contribution is -0.139. The summed E-state index contributed by atoms with van der Waals surface area (Å²) in [6.45, 7) is 4.40. The van der Waals surface area contributed by atoms with Crippen molar-refractivity contribution in [2.75, 3.05) is 6.61 Å². The normalized spacial score (nSPS) is 16.8. The summed E-state index contributed by atoms with van der Waals surface area (Å²) >= 11 is 17.9. The topological polar surface area (TPSA) is 41.6 Å². The molecule has 1 aliphatic heterocycles. The number of carbonyl (C=O) groups excluding carboxylic acids is 1. The molecule has 28 heavy (non-hydrogen) atoms. The van der Waals surface area contributed by atoms with Crippen molar-refractivity contribution in [2.45, 2.75) is 26.4 Å². The Morgan fingerprint density at radius 3 is 2.50 bits per heavy atom. The quantitative estimate of drug-likeness (QED) is 0.513. The summed E-state index contributed by atoms with van der Waals surface area (Å²) in [6, 6.07) is 14.5. The number of esters is 1. The number of carbonyl (C=O) groups is 1. The molecule has 4 nitrogen and oxygen atoms in total. The summed E-state index contributed by atoms with van der Waals surface area (Å²) in [4.78, 5) is 14.7. The standard InChI is InChI=1S/C21H20Cl2N2O2S/c1-3-27-20(26)18-13(2)25(12-15-6-4-5-7-17(15)23)21(28)24-19(18)14-8-10-16(22)11-9-14/h4-11,19H,3,12H2,1-2H3,(H,24,28)/t19-/m1/s1. The fraction of sp³-hybridized carbons (Fsp3) is 0.238. The van der Waals surface area contributed by atoms with Crippen molar-refractivity contribution < 1.29 is 9.53 Å². The third kappa shape index (κ3) is 4.32. The molecule has 7 heteroatoms. The Kier molecular flexibility index (Phi) is 6.60. The average Bonchev–Trinajstić information content (AvgIpc) is 2.66. The monoisotopic (exact) mass is 434 g/mol. The summed E-state index contributed by atoms with van der Waals surface area (Å²) < 4.78 is 5.33. The fourth-order valence-corrected chi connectivity index (χ4v) is 3.79. The number of benzene rings is 2. The predicted octanol–water partition coefficient (Wildman–Crippen LogP) is 5.26. The molecule has 1 heterocycles. The van der Waals surface area contributed by atoms with E-state index in [2.05, 4.69) is 5.32 Å². The third-order valence-electron chi connectivity index (χ3n) is 4.58. The molecule has 0 amide bonds. The number of allylic oxidation sites excluding steroid dienone is 1. The van der Waals surface area contributed by atoms with Gasteiger partial charge in [-0.25, -0.2) is 4.79 Å².